The quantitative estimate of drug-likeness (QED) is 0.161. The van der Waals surface area contributed by atoms with Crippen LogP contribution in [0.4, 0.5) is 0 Å². The summed E-state index contributed by atoms with van der Waals surface area (Å²) in [5, 5.41) is 20.5. The predicted octanol–water partition coefficient (Wildman–Crippen LogP) is 13.2. The molecule has 0 unspecified atom stereocenters. The number of nitriles is 2. The van der Waals surface area contributed by atoms with Crippen LogP contribution in [0.5, 0.6) is 0 Å². The fourth-order valence-electron chi connectivity index (χ4n) is 7.51. The summed E-state index contributed by atoms with van der Waals surface area (Å²) in [5.74, 6) is 1.78. The Morgan fingerprint density at radius 1 is 0.339 bits per heavy atom. The molecule has 6 heteroatoms. The van der Waals surface area contributed by atoms with Gasteiger partial charge in [0.15, 0.2) is 17.5 Å². The predicted molar refractivity (Wildman–Crippen MR) is 235 cm³/mol. The first-order valence-corrected chi connectivity index (χ1v) is 19.2. The Labute approximate surface area is 340 Å². The molecule has 0 saturated heterocycles. The normalized spacial score (nSPS) is 11.0. The molecule has 0 spiro atoms. The SMILES string of the molecule is N#Cc1ccc(-c2ccc(-c3cc(-c4ccc(-c5ccc(C#N)cc5)cc4)c4oc5ccc(-c6nc(-c7ccccc7)nc(-c7ccccc7)n6)cc5c4c3)cc2)cc1. The van der Waals surface area contributed by atoms with Crippen LogP contribution < -0.4 is 0 Å². The van der Waals surface area contributed by atoms with E-state index in [1.807, 2.05) is 121 Å². The Bertz CT molecular complexity index is 3180. The lowest BCUT2D eigenvalue weighted by molar-refractivity contribution is 0.670. The van der Waals surface area contributed by atoms with Crippen molar-refractivity contribution in [3.63, 3.8) is 0 Å². The zero-order chi connectivity index (χ0) is 39.7. The van der Waals surface area contributed by atoms with E-state index in [1.165, 1.54) is 0 Å². The van der Waals surface area contributed by atoms with Crippen LogP contribution in [0.25, 0.3) is 101 Å². The maximum atomic E-state index is 9.29. The van der Waals surface area contributed by atoms with E-state index < -0.39 is 0 Å². The molecule has 0 aliphatic heterocycles. The van der Waals surface area contributed by atoms with Gasteiger partial charge in [0.1, 0.15) is 11.2 Å². The lowest BCUT2D eigenvalue weighted by atomic mass is 9.93. The van der Waals surface area contributed by atoms with Crippen molar-refractivity contribution in [2.75, 3.05) is 0 Å². The molecular formula is C53H31N5O. The standard InChI is InChI=1S/C53H31N5O/c54-32-34-11-15-36(16-12-34)38-19-21-40(22-20-38)45-30-46(41-25-23-39(24-26-41)37-17-13-35(33-55)14-18-37)50-48(31-45)47-29-44(27-28-49(47)59-50)53-57-51(42-7-3-1-4-8-42)56-52(58-53)43-9-5-2-6-10-43/h1-31H. The zero-order valence-corrected chi connectivity index (χ0v) is 31.5. The molecule has 274 valence electrons. The third kappa shape index (κ3) is 6.78. The molecule has 10 rings (SSSR count). The van der Waals surface area contributed by atoms with Crippen molar-refractivity contribution >= 4 is 21.9 Å². The number of aromatic nitrogens is 3. The minimum atomic E-state index is 0.571. The van der Waals surface area contributed by atoms with Gasteiger partial charge in [-0.15, -0.1) is 0 Å². The molecule has 0 aliphatic rings. The largest absolute Gasteiger partial charge is 0.455 e. The molecule has 0 bridgehead atoms. The third-order valence-corrected chi connectivity index (χ3v) is 10.6. The topological polar surface area (TPSA) is 99.4 Å². The molecule has 0 radical (unpaired) electrons. The van der Waals surface area contributed by atoms with Gasteiger partial charge in [-0.25, -0.2) is 15.0 Å². The summed E-state index contributed by atoms with van der Waals surface area (Å²) >= 11 is 0. The van der Waals surface area contributed by atoms with Crippen LogP contribution in [0.1, 0.15) is 11.1 Å². The Morgan fingerprint density at radius 2 is 0.729 bits per heavy atom. The van der Waals surface area contributed by atoms with E-state index in [9.17, 15) is 10.5 Å². The molecule has 2 heterocycles. The van der Waals surface area contributed by atoms with Crippen LogP contribution in [0.3, 0.4) is 0 Å². The van der Waals surface area contributed by atoms with Crippen molar-refractivity contribution in [2.24, 2.45) is 0 Å². The molecule has 59 heavy (non-hydrogen) atoms. The van der Waals surface area contributed by atoms with E-state index in [-0.39, 0.29) is 0 Å². The van der Waals surface area contributed by atoms with Crippen molar-refractivity contribution in [3.8, 4) is 90.8 Å². The molecule has 0 saturated carbocycles. The number of benzene rings is 8. The number of nitrogens with zero attached hydrogens (tertiary/aromatic N) is 5. The fourth-order valence-corrected chi connectivity index (χ4v) is 7.51. The summed E-state index contributed by atoms with van der Waals surface area (Å²) in [4.78, 5) is 14.9. The summed E-state index contributed by atoms with van der Waals surface area (Å²) < 4.78 is 6.74. The van der Waals surface area contributed by atoms with Gasteiger partial charge in [-0.05, 0) is 93.5 Å². The second-order valence-electron chi connectivity index (χ2n) is 14.3. The molecule has 0 atom stereocenters. The van der Waals surface area contributed by atoms with Gasteiger partial charge < -0.3 is 4.42 Å². The first-order chi connectivity index (χ1) is 29.1. The van der Waals surface area contributed by atoms with E-state index in [2.05, 4.69) is 78.9 Å². The summed E-state index contributed by atoms with van der Waals surface area (Å²) in [5.41, 5.74) is 13.8. The van der Waals surface area contributed by atoms with E-state index in [0.29, 0.717) is 28.6 Å². The summed E-state index contributed by atoms with van der Waals surface area (Å²) in [7, 11) is 0. The highest BCUT2D eigenvalue weighted by Crippen LogP contribution is 2.41. The van der Waals surface area contributed by atoms with Crippen molar-refractivity contribution in [1.82, 2.24) is 15.0 Å². The highest BCUT2D eigenvalue weighted by molar-refractivity contribution is 6.12. The molecule has 0 aliphatic carbocycles. The molecule has 0 fully saturated rings. The van der Waals surface area contributed by atoms with Crippen molar-refractivity contribution in [2.45, 2.75) is 0 Å². The Kier molecular flexibility index (Phi) is 8.84. The van der Waals surface area contributed by atoms with Crippen molar-refractivity contribution in [3.05, 3.63) is 199 Å². The number of fused-ring (bicyclic) bond motifs is 3. The zero-order valence-electron chi connectivity index (χ0n) is 31.5. The van der Waals surface area contributed by atoms with Gasteiger partial charge in [-0.3, -0.25) is 0 Å². The molecule has 6 nitrogen and oxygen atoms in total. The number of furan rings is 1. The third-order valence-electron chi connectivity index (χ3n) is 10.6. The Balaban J connectivity index is 1.12. The summed E-state index contributed by atoms with van der Waals surface area (Å²) in [6.07, 6.45) is 0. The number of rotatable bonds is 7. The molecule has 0 N–H and O–H groups in total. The van der Waals surface area contributed by atoms with Crippen LogP contribution in [-0.4, -0.2) is 15.0 Å². The smallest absolute Gasteiger partial charge is 0.164 e. The first-order valence-electron chi connectivity index (χ1n) is 19.2. The summed E-state index contributed by atoms with van der Waals surface area (Å²) in [6.45, 7) is 0. The number of hydrogen-bond donors (Lipinski definition) is 0. The Hall–Kier alpha value is -8.45. The van der Waals surface area contributed by atoms with Gasteiger partial charge in [0, 0.05) is 33.0 Å². The van der Waals surface area contributed by atoms with Crippen LogP contribution in [-0.2, 0) is 0 Å². The Morgan fingerprint density at radius 3 is 1.20 bits per heavy atom. The van der Waals surface area contributed by atoms with Gasteiger partial charge in [-0.1, -0.05) is 133 Å². The average Bonchev–Trinajstić information content (AvgIpc) is 3.70. The van der Waals surface area contributed by atoms with Crippen LogP contribution in [0.15, 0.2) is 192 Å². The maximum Gasteiger partial charge on any atom is 0.164 e. The van der Waals surface area contributed by atoms with Crippen molar-refractivity contribution in [1.29, 1.82) is 10.5 Å². The van der Waals surface area contributed by atoms with Crippen LogP contribution >= 0.6 is 0 Å². The second-order valence-corrected chi connectivity index (χ2v) is 14.3. The molecular weight excluding hydrogens is 723 g/mol. The lowest BCUT2D eigenvalue weighted by Gasteiger charge is -2.10. The van der Waals surface area contributed by atoms with Crippen LogP contribution in [0, 0.1) is 22.7 Å². The number of hydrogen-bond acceptors (Lipinski definition) is 6. The molecule has 10 aromatic rings. The van der Waals surface area contributed by atoms with Gasteiger partial charge >= 0.3 is 0 Å². The van der Waals surface area contributed by atoms with Crippen LogP contribution in [0.2, 0.25) is 0 Å². The minimum absolute atomic E-state index is 0.571. The average molecular weight is 754 g/mol. The molecule has 8 aromatic carbocycles. The van der Waals surface area contributed by atoms with Crippen molar-refractivity contribution < 1.29 is 4.42 Å². The van der Waals surface area contributed by atoms with E-state index in [4.69, 9.17) is 19.4 Å². The van der Waals surface area contributed by atoms with Gasteiger partial charge in [0.05, 0.1) is 23.3 Å². The van der Waals surface area contributed by atoms with E-state index in [1.54, 1.807) is 0 Å². The first kappa shape index (κ1) is 35.0. The van der Waals surface area contributed by atoms with Gasteiger partial charge in [-0.2, -0.15) is 10.5 Å². The maximum absolute atomic E-state index is 9.29. The minimum Gasteiger partial charge on any atom is -0.455 e. The van der Waals surface area contributed by atoms with Gasteiger partial charge in [0.2, 0.25) is 0 Å². The monoisotopic (exact) mass is 753 g/mol. The molecule has 0 amide bonds. The highest BCUT2D eigenvalue weighted by Gasteiger charge is 2.18. The fraction of sp³-hybridized carbons (Fsp3) is 0. The van der Waals surface area contributed by atoms with E-state index >= 15 is 0 Å². The molecule has 2 aromatic heterocycles. The highest BCUT2D eigenvalue weighted by atomic mass is 16.3. The lowest BCUT2D eigenvalue weighted by Crippen LogP contribution is -2.00. The van der Waals surface area contributed by atoms with Gasteiger partial charge in [0.25, 0.3) is 0 Å². The second kappa shape index (κ2) is 14.9. The summed E-state index contributed by atoms with van der Waals surface area (Å²) in [6, 6.07) is 67.2. The van der Waals surface area contributed by atoms with E-state index in [0.717, 1.165) is 83.1 Å².